The van der Waals surface area contributed by atoms with E-state index in [-0.39, 0.29) is 24.3 Å². The number of carbonyl (C=O) groups excluding carboxylic acids is 2. The van der Waals surface area contributed by atoms with Crippen molar-refractivity contribution in [3.63, 3.8) is 0 Å². The van der Waals surface area contributed by atoms with Crippen molar-refractivity contribution in [2.75, 3.05) is 30.3 Å². The molecule has 1 aliphatic rings. The number of hydrogen-bond acceptors (Lipinski definition) is 4. The van der Waals surface area contributed by atoms with Gasteiger partial charge in [-0.2, -0.15) is 0 Å². The maximum absolute atomic E-state index is 12.3. The van der Waals surface area contributed by atoms with Crippen LogP contribution in [0, 0.1) is 5.92 Å². The molecule has 6 nitrogen and oxygen atoms in total. The van der Waals surface area contributed by atoms with Crippen LogP contribution in [0.5, 0.6) is 5.75 Å². The third-order valence-corrected chi connectivity index (χ3v) is 4.24. The second-order valence-electron chi connectivity index (χ2n) is 6.24. The summed E-state index contributed by atoms with van der Waals surface area (Å²) < 4.78 is 5.53. The number of hydrogen-bond donors (Lipinski definition) is 3. The van der Waals surface area contributed by atoms with E-state index in [2.05, 4.69) is 16.0 Å². The average molecular weight is 353 g/mol. The van der Waals surface area contributed by atoms with E-state index < -0.39 is 0 Å². The average Bonchev–Trinajstić information content (AvgIpc) is 2.68. The second-order valence-corrected chi connectivity index (χ2v) is 6.24. The van der Waals surface area contributed by atoms with E-state index in [4.69, 9.17) is 4.74 Å². The fourth-order valence-corrected chi connectivity index (χ4v) is 2.86. The summed E-state index contributed by atoms with van der Waals surface area (Å²) in [5, 5.41) is 8.94. The van der Waals surface area contributed by atoms with E-state index in [1.807, 2.05) is 36.4 Å². The van der Waals surface area contributed by atoms with Crippen molar-refractivity contribution in [3.8, 4) is 5.75 Å². The van der Waals surface area contributed by atoms with E-state index in [1.54, 1.807) is 18.2 Å². The molecule has 0 unspecified atom stereocenters. The van der Waals surface area contributed by atoms with Crippen LogP contribution in [0.1, 0.15) is 12.8 Å². The van der Waals surface area contributed by atoms with Gasteiger partial charge in [-0.1, -0.05) is 24.3 Å². The Hall–Kier alpha value is -2.86. The molecule has 0 radical (unpaired) electrons. The highest BCUT2D eigenvalue weighted by atomic mass is 16.5. The Morgan fingerprint density at radius 3 is 2.46 bits per heavy atom. The summed E-state index contributed by atoms with van der Waals surface area (Å²) in [5.74, 6) is 0.375. The smallest absolute Gasteiger partial charge is 0.262 e. The zero-order valence-electron chi connectivity index (χ0n) is 14.5. The number of ether oxygens (including phenoxy) is 1. The Morgan fingerprint density at radius 2 is 1.69 bits per heavy atom. The molecule has 6 heteroatoms. The minimum atomic E-state index is -0.236. The Morgan fingerprint density at radius 1 is 0.962 bits per heavy atom. The summed E-state index contributed by atoms with van der Waals surface area (Å²) in [6.45, 7) is 1.65. The Kier molecular flexibility index (Phi) is 6.22. The number of amides is 2. The summed E-state index contributed by atoms with van der Waals surface area (Å²) in [5.41, 5.74) is 1.40. The molecule has 2 amide bonds. The molecule has 0 bridgehead atoms. The molecule has 0 aliphatic carbocycles. The Balaban J connectivity index is 1.50. The van der Waals surface area contributed by atoms with Crippen LogP contribution in [-0.2, 0) is 9.59 Å². The molecule has 0 spiro atoms. The van der Waals surface area contributed by atoms with Gasteiger partial charge in [0.15, 0.2) is 6.61 Å². The SMILES string of the molecule is O=C(COc1cccc(NC(=O)C2CCNCC2)c1)Nc1ccccc1. The van der Waals surface area contributed by atoms with Crippen molar-refractivity contribution < 1.29 is 14.3 Å². The lowest BCUT2D eigenvalue weighted by atomic mass is 9.97. The van der Waals surface area contributed by atoms with Crippen molar-refractivity contribution in [2.24, 2.45) is 5.92 Å². The first kappa shape index (κ1) is 17.9. The van der Waals surface area contributed by atoms with Crippen LogP contribution in [-0.4, -0.2) is 31.5 Å². The zero-order chi connectivity index (χ0) is 18.2. The molecule has 136 valence electrons. The monoisotopic (exact) mass is 353 g/mol. The summed E-state index contributed by atoms with van der Waals surface area (Å²) in [4.78, 5) is 24.2. The molecule has 2 aromatic rings. The highest BCUT2D eigenvalue weighted by Gasteiger charge is 2.20. The first-order valence-electron chi connectivity index (χ1n) is 8.80. The van der Waals surface area contributed by atoms with Crippen LogP contribution in [0.2, 0.25) is 0 Å². The number of para-hydroxylation sites is 1. The van der Waals surface area contributed by atoms with Gasteiger partial charge < -0.3 is 20.7 Å². The molecule has 2 aromatic carbocycles. The van der Waals surface area contributed by atoms with Crippen molar-refractivity contribution in [1.82, 2.24) is 5.32 Å². The molecular weight excluding hydrogens is 330 g/mol. The largest absolute Gasteiger partial charge is 0.484 e. The molecule has 3 rings (SSSR count). The van der Waals surface area contributed by atoms with Crippen LogP contribution in [0.4, 0.5) is 11.4 Å². The van der Waals surface area contributed by atoms with Gasteiger partial charge in [0.2, 0.25) is 5.91 Å². The van der Waals surface area contributed by atoms with E-state index in [9.17, 15) is 9.59 Å². The van der Waals surface area contributed by atoms with E-state index >= 15 is 0 Å². The van der Waals surface area contributed by atoms with Crippen LogP contribution < -0.4 is 20.7 Å². The standard InChI is InChI=1S/C20H23N3O3/c24-19(22-16-5-2-1-3-6-16)14-26-18-8-4-7-17(13-18)23-20(25)15-9-11-21-12-10-15/h1-8,13,15,21H,9-12,14H2,(H,22,24)(H,23,25). The lowest BCUT2D eigenvalue weighted by molar-refractivity contribution is -0.120. The second kappa shape index (κ2) is 9.01. The van der Waals surface area contributed by atoms with Gasteiger partial charge in [0, 0.05) is 23.4 Å². The molecular formula is C20H23N3O3. The van der Waals surface area contributed by atoms with Gasteiger partial charge in [0.25, 0.3) is 5.91 Å². The van der Waals surface area contributed by atoms with Gasteiger partial charge in [0.1, 0.15) is 5.75 Å². The molecule has 1 heterocycles. The van der Waals surface area contributed by atoms with Gasteiger partial charge >= 0.3 is 0 Å². The third-order valence-electron chi connectivity index (χ3n) is 4.24. The van der Waals surface area contributed by atoms with Crippen LogP contribution in [0.25, 0.3) is 0 Å². The fourth-order valence-electron chi connectivity index (χ4n) is 2.86. The number of anilines is 2. The molecule has 26 heavy (non-hydrogen) atoms. The number of rotatable bonds is 6. The van der Waals surface area contributed by atoms with Crippen molar-refractivity contribution >= 4 is 23.2 Å². The normalized spacial score (nSPS) is 14.5. The summed E-state index contributed by atoms with van der Waals surface area (Å²) in [7, 11) is 0. The molecule has 1 saturated heterocycles. The number of carbonyl (C=O) groups is 2. The van der Waals surface area contributed by atoms with Crippen molar-refractivity contribution in [1.29, 1.82) is 0 Å². The van der Waals surface area contributed by atoms with Gasteiger partial charge in [-0.05, 0) is 50.2 Å². The maximum Gasteiger partial charge on any atom is 0.262 e. The molecule has 0 atom stereocenters. The van der Waals surface area contributed by atoms with Crippen molar-refractivity contribution in [3.05, 3.63) is 54.6 Å². The number of piperidine rings is 1. The van der Waals surface area contributed by atoms with Crippen molar-refractivity contribution in [2.45, 2.75) is 12.8 Å². The van der Waals surface area contributed by atoms with Gasteiger partial charge in [0.05, 0.1) is 0 Å². The molecule has 0 aromatic heterocycles. The van der Waals surface area contributed by atoms with E-state index in [1.165, 1.54) is 0 Å². The lowest BCUT2D eigenvalue weighted by Crippen LogP contribution is -2.34. The van der Waals surface area contributed by atoms with Crippen LogP contribution >= 0.6 is 0 Å². The third kappa shape index (κ3) is 5.32. The molecule has 0 saturated carbocycles. The van der Waals surface area contributed by atoms with Crippen LogP contribution in [0.3, 0.4) is 0 Å². The van der Waals surface area contributed by atoms with Crippen LogP contribution in [0.15, 0.2) is 54.6 Å². The summed E-state index contributed by atoms with van der Waals surface area (Å²) in [6.07, 6.45) is 1.70. The highest BCUT2D eigenvalue weighted by Crippen LogP contribution is 2.20. The minimum Gasteiger partial charge on any atom is -0.484 e. The minimum absolute atomic E-state index is 0.0328. The van der Waals surface area contributed by atoms with Gasteiger partial charge in [-0.25, -0.2) is 0 Å². The van der Waals surface area contributed by atoms with E-state index in [0.29, 0.717) is 11.4 Å². The maximum atomic E-state index is 12.3. The fraction of sp³-hybridized carbons (Fsp3) is 0.300. The first-order chi connectivity index (χ1) is 12.7. The van der Waals surface area contributed by atoms with Gasteiger partial charge in [-0.15, -0.1) is 0 Å². The predicted octanol–water partition coefficient (Wildman–Crippen LogP) is 2.64. The zero-order valence-corrected chi connectivity index (χ0v) is 14.5. The lowest BCUT2D eigenvalue weighted by Gasteiger charge is -2.21. The Labute approximate surface area is 152 Å². The topological polar surface area (TPSA) is 79.5 Å². The Bertz CT molecular complexity index is 743. The number of nitrogens with one attached hydrogen (secondary N) is 3. The first-order valence-corrected chi connectivity index (χ1v) is 8.80. The van der Waals surface area contributed by atoms with Gasteiger partial charge in [-0.3, -0.25) is 9.59 Å². The highest BCUT2D eigenvalue weighted by molar-refractivity contribution is 5.93. The van der Waals surface area contributed by atoms with E-state index in [0.717, 1.165) is 31.6 Å². The predicted molar refractivity (Wildman–Crippen MR) is 101 cm³/mol. The summed E-state index contributed by atoms with van der Waals surface area (Å²) >= 11 is 0. The molecule has 3 N–H and O–H groups in total. The molecule has 1 fully saturated rings. The molecule has 1 aliphatic heterocycles. The quantitative estimate of drug-likeness (QED) is 0.746. The number of benzene rings is 2. The summed E-state index contributed by atoms with van der Waals surface area (Å²) in [6, 6.07) is 16.3.